The van der Waals surface area contributed by atoms with Gasteiger partial charge in [0.15, 0.2) is 10.1 Å². The second-order valence-corrected chi connectivity index (χ2v) is 9.04. The van der Waals surface area contributed by atoms with Crippen LogP contribution < -0.4 is 9.30 Å². The number of rotatable bonds is 2. The SMILES string of the molecule is C#CC[n+]1c(C)[te]c2ccc(OC)cc21.O=S(=O)([O-])C(F)(F)F. The molecule has 0 atom stereocenters. The third-order valence-electron chi connectivity index (χ3n) is 2.63. The molecule has 0 aliphatic rings. The molecule has 0 amide bonds. The van der Waals surface area contributed by atoms with Gasteiger partial charge in [-0.1, -0.05) is 0 Å². The molecule has 0 radical (unpaired) electrons. The van der Waals surface area contributed by atoms with E-state index in [-0.39, 0.29) is 20.4 Å². The number of halogens is 3. The van der Waals surface area contributed by atoms with Crippen molar-refractivity contribution in [2.45, 2.75) is 19.0 Å². The Hall–Kier alpha value is -1.26. The third-order valence-corrected chi connectivity index (χ3v) is 6.28. The minimum atomic E-state index is -6.09. The van der Waals surface area contributed by atoms with E-state index in [4.69, 9.17) is 24.1 Å². The smallest absolute Gasteiger partial charge is 0.485 e. The molecule has 1 aromatic carbocycles. The first kappa shape index (κ1) is 19.8. The maximum atomic E-state index is 10.7. The average molecular weight is 463 g/mol. The maximum Gasteiger partial charge on any atom is 0.485 e. The van der Waals surface area contributed by atoms with Crippen molar-refractivity contribution in [3.8, 4) is 18.1 Å². The summed E-state index contributed by atoms with van der Waals surface area (Å²) in [6, 6.07) is 6.26. The topological polar surface area (TPSA) is 70.3 Å². The Morgan fingerprint density at radius 3 is 2.43 bits per heavy atom. The van der Waals surface area contributed by atoms with Crippen LogP contribution in [0.5, 0.6) is 5.75 Å². The molecule has 5 nitrogen and oxygen atoms in total. The fraction of sp³-hybridized carbons (Fsp3) is 0.308. The van der Waals surface area contributed by atoms with Gasteiger partial charge in [0.2, 0.25) is 0 Å². The summed E-state index contributed by atoms with van der Waals surface area (Å²) in [5.41, 5.74) is -4.40. The van der Waals surface area contributed by atoms with Crippen LogP contribution in [0.25, 0.3) is 8.92 Å². The minimum absolute atomic E-state index is 0.203. The van der Waals surface area contributed by atoms with Crippen molar-refractivity contribution < 1.29 is 35.4 Å². The first-order chi connectivity index (χ1) is 10.5. The second-order valence-electron chi connectivity index (χ2n) is 4.14. The number of methoxy groups -OCH3 is 1. The van der Waals surface area contributed by atoms with Crippen LogP contribution in [0, 0.1) is 19.3 Å². The summed E-state index contributed by atoms with van der Waals surface area (Å²) >= 11 is -0.203. The predicted molar refractivity (Wildman–Crippen MR) is 77.0 cm³/mol. The van der Waals surface area contributed by atoms with Gasteiger partial charge in [-0.25, -0.2) is 8.42 Å². The zero-order valence-corrected chi connectivity index (χ0v) is 15.2. The Labute approximate surface area is 141 Å². The molecule has 1 aromatic heterocycles. The van der Waals surface area contributed by atoms with Crippen LogP contribution in [0.2, 0.25) is 0 Å². The summed E-state index contributed by atoms with van der Waals surface area (Å²) in [4.78, 5) is 0. The third kappa shape index (κ3) is 5.11. The van der Waals surface area contributed by atoms with E-state index >= 15 is 0 Å². The Balaban J connectivity index is 0.000000284. The van der Waals surface area contributed by atoms with Gasteiger partial charge in [-0.3, -0.25) is 0 Å². The van der Waals surface area contributed by atoms with Crippen LogP contribution in [0.15, 0.2) is 18.2 Å². The molecule has 10 heteroatoms. The van der Waals surface area contributed by atoms with Crippen LogP contribution >= 0.6 is 0 Å². The molecule has 1 heterocycles. The fourth-order valence-corrected chi connectivity index (χ4v) is 4.45. The molecule has 0 saturated heterocycles. The molecule has 126 valence electrons. The van der Waals surface area contributed by atoms with E-state index in [1.54, 1.807) is 7.11 Å². The first-order valence-corrected chi connectivity index (χ1v) is 9.67. The van der Waals surface area contributed by atoms with Gasteiger partial charge in [0.05, 0.1) is 0 Å². The van der Waals surface area contributed by atoms with Crippen molar-refractivity contribution in [2.24, 2.45) is 0 Å². The molecule has 0 unspecified atom stereocenters. The standard InChI is InChI=1S/C12H12NOTe.CHF3O3S/c1-4-7-13-9(2)15-12-6-5-10(14-3)8-11(12)13;2-1(3,4)8(5,6)7/h1,5-6,8H,7H2,2-3H3;(H,5,6,7)/q+1;/p-1. The van der Waals surface area contributed by atoms with Gasteiger partial charge in [0, 0.05) is 0 Å². The van der Waals surface area contributed by atoms with E-state index in [1.165, 1.54) is 12.6 Å². The average Bonchev–Trinajstić information content (AvgIpc) is 2.73. The monoisotopic (exact) mass is 465 g/mol. The number of ether oxygens (including phenoxy) is 1. The van der Waals surface area contributed by atoms with Gasteiger partial charge in [0.25, 0.3) is 0 Å². The van der Waals surface area contributed by atoms with Crippen molar-refractivity contribution in [3.63, 3.8) is 0 Å². The van der Waals surface area contributed by atoms with Crippen LogP contribution in [0.1, 0.15) is 3.71 Å². The normalized spacial score (nSPS) is 11.5. The van der Waals surface area contributed by atoms with E-state index < -0.39 is 15.6 Å². The molecule has 0 saturated carbocycles. The van der Waals surface area contributed by atoms with E-state index in [0.29, 0.717) is 6.54 Å². The van der Waals surface area contributed by atoms with Gasteiger partial charge >= 0.3 is 105 Å². The summed E-state index contributed by atoms with van der Waals surface area (Å²) in [5, 5.41) is 0. The molecular formula is C13H12F3NO4STe. The van der Waals surface area contributed by atoms with Crippen molar-refractivity contribution >= 4 is 39.5 Å². The van der Waals surface area contributed by atoms with Crippen LogP contribution in [-0.2, 0) is 16.7 Å². The molecule has 0 fully saturated rings. The fourth-order valence-electron chi connectivity index (χ4n) is 1.59. The Bertz CT molecular complexity index is 837. The van der Waals surface area contributed by atoms with E-state index in [9.17, 15) is 13.2 Å². The molecule has 0 aliphatic heterocycles. The van der Waals surface area contributed by atoms with Gasteiger partial charge in [-0.2, -0.15) is 13.2 Å². The molecule has 0 spiro atoms. The molecule has 0 N–H and O–H groups in total. The van der Waals surface area contributed by atoms with E-state index in [0.717, 1.165) is 5.75 Å². The number of hydrogen-bond acceptors (Lipinski definition) is 4. The Kier molecular flexibility index (Phi) is 6.49. The number of alkyl halides is 3. The van der Waals surface area contributed by atoms with E-state index in [1.807, 2.05) is 6.07 Å². The quantitative estimate of drug-likeness (QED) is 0.221. The van der Waals surface area contributed by atoms with Crippen molar-refractivity contribution in [1.29, 1.82) is 0 Å². The number of nitrogens with zero attached hydrogens (tertiary/aromatic N) is 1. The van der Waals surface area contributed by atoms with Gasteiger partial charge < -0.3 is 4.55 Å². The van der Waals surface area contributed by atoms with Crippen LogP contribution in [0.3, 0.4) is 0 Å². The number of aromatic nitrogens is 1. The Morgan fingerprint density at radius 2 is 2.00 bits per heavy atom. The number of aryl methyl sites for hydroxylation is 1. The maximum absolute atomic E-state index is 10.7. The van der Waals surface area contributed by atoms with Gasteiger partial charge in [0.1, 0.15) is 0 Å². The van der Waals surface area contributed by atoms with Gasteiger partial charge in [-0.05, 0) is 0 Å². The molecule has 0 aliphatic carbocycles. The van der Waals surface area contributed by atoms with Crippen molar-refractivity contribution in [1.82, 2.24) is 0 Å². The predicted octanol–water partition coefficient (Wildman–Crippen LogP) is 1.19. The summed E-state index contributed by atoms with van der Waals surface area (Å²) in [6.45, 7) is 2.84. The van der Waals surface area contributed by atoms with Gasteiger partial charge in [-0.15, -0.1) is 0 Å². The minimum Gasteiger partial charge on any atom is -0.741 e. The first-order valence-electron chi connectivity index (χ1n) is 5.94. The second kappa shape index (κ2) is 7.54. The zero-order chi connectivity index (χ0) is 17.8. The molecule has 2 rings (SSSR count). The number of fused-ring (bicyclic) bond motifs is 1. The summed E-state index contributed by atoms with van der Waals surface area (Å²) in [7, 11) is -4.40. The van der Waals surface area contributed by atoms with Crippen LogP contribution in [-0.4, -0.2) is 46.0 Å². The summed E-state index contributed by atoms with van der Waals surface area (Å²) in [6.07, 6.45) is 5.38. The number of hydrogen-bond donors (Lipinski definition) is 0. The van der Waals surface area contributed by atoms with Crippen molar-refractivity contribution in [2.75, 3.05) is 7.11 Å². The number of benzene rings is 1. The zero-order valence-electron chi connectivity index (χ0n) is 12.0. The summed E-state index contributed by atoms with van der Waals surface area (Å²) < 4.78 is 69.2. The molecule has 0 bridgehead atoms. The molecule has 23 heavy (non-hydrogen) atoms. The summed E-state index contributed by atoms with van der Waals surface area (Å²) in [5.74, 6) is 3.60. The van der Waals surface area contributed by atoms with E-state index in [2.05, 4.69) is 29.5 Å². The number of terminal acetylenes is 1. The van der Waals surface area contributed by atoms with Crippen molar-refractivity contribution in [3.05, 3.63) is 21.9 Å². The molecular weight excluding hydrogens is 451 g/mol. The molecule has 2 aromatic rings. The van der Waals surface area contributed by atoms with Crippen LogP contribution in [0.4, 0.5) is 13.2 Å². The Morgan fingerprint density at radius 1 is 1.43 bits per heavy atom. The largest absolute Gasteiger partial charge is 0.741 e.